The van der Waals surface area contributed by atoms with E-state index >= 15 is 0 Å². The molecule has 0 spiro atoms. The third kappa shape index (κ3) is 2.07. The molecular formula is C12H18N4S. The zero-order chi connectivity index (χ0) is 12.6. The zero-order valence-corrected chi connectivity index (χ0v) is 11.6. The molecule has 0 aromatic carbocycles. The second-order valence-corrected chi connectivity index (χ2v) is 5.50. The Labute approximate surface area is 105 Å². The normalized spacial score (nSPS) is 11.1. The summed E-state index contributed by atoms with van der Waals surface area (Å²) in [5.41, 5.74) is 8.32. The van der Waals surface area contributed by atoms with Gasteiger partial charge in [0.25, 0.3) is 0 Å². The molecule has 2 N–H and O–H groups in total. The smallest absolute Gasteiger partial charge is 0.161 e. The van der Waals surface area contributed by atoms with Crippen molar-refractivity contribution < 1.29 is 0 Å². The number of aromatic nitrogens is 3. The van der Waals surface area contributed by atoms with E-state index in [0.29, 0.717) is 0 Å². The summed E-state index contributed by atoms with van der Waals surface area (Å²) < 4.78 is 1.83. The van der Waals surface area contributed by atoms with Crippen LogP contribution in [0.2, 0.25) is 0 Å². The van der Waals surface area contributed by atoms with E-state index < -0.39 is 0 Å². The number of thiophene rings is 1. The van der Waals surface area contributed by atoms with E-state index in [4.69, 9.17) is 5.73 Å². The number of rotatable bonds is 3. The fourth-order valence-electron chi connectivity index (χ4n) is 1.92. The van der Waals surface area contributed by atoms with Crippen molar-refractivity contribution in [3.05, 3.63) is 16.3 Å². The Balaban J connectivity index is 2.52. The minimum Gasteiger partial charge on any atom is -0.390 e. The Hall–Kier alpha value is -1.36. The molecule has 0 fully saturated rings. The molecule has 0 atom stereocenters. The van der Waals surface area contributed by atoms with Crippen molar-refractivity contribution >= 4 is 16.3 Å². The molecule has 2 rings (SSSR count). The molecule has 0 aliphatic heterocycles. The Morgan fingerprint density at radius 1 is 1.35 bits per heavy atom. The van der Waals surface area contributed by atoms with Crippen LogP contribution in [0.5, 0.6) is 0 Å². The summed E-state index contributed by atoms with van der Waals surface area (Å²) in [6.07, 6.45) is 1.97. The lowest BCUT2D eigenvalue weighted by atomic mass is 10.1. The van der Waals surface area contributed by atoms with E-state index in [2.05, 4.69) is 30.9 Å². The van der Waals surface area contributed by atoms with Crippen molar-refractivity contribution in [1.29, 1.82) is 0 Å². The summed E-state index contributed by atoms with van der Waals surface area (Å²) in [4.78, 5) is 5.83. The quantitative estimate of drug-likeness (QED) is 0.911. The molecule has 92 valence electrons. The predicted molar refractivity (Wildman–Crippen MR) is 72.2 cm³/mol. The topological polar surface area (TPSA) is 56.7 Å². The maximum Gasteiger partial charge on any atom is 0.161 e. The van der Waals surface area contributed by atoms with Crippen LogP contribution in [0.4, 0.5) is 5.00 Å². The molecule has 0 aliphatic rings. The van der Waals surface area contributed by atoms with Crippen LogP contribution in [-0.2, 0) is 13.5 Å². The van der Waals surface area contributed by atoms with Crippen LogP contribution >= 0.6 is 11.3 Å². The van der Waals surface area contributed by atoms with Gasteiger partial charge >= 0.3 is 0 Å². The van der Waals surface area contributed by atoms with E-state index in [-0.39, 0.29) is 0 Å². The van der Waals surface area contributed by atoms with Crippen molar-refractivity contribution in [3.8, 4) is 11.4 Å². The summed E-state index contributed by atoms with van der Waals surface area (Å²) in [7, 11) is 1.92. The first kappa shape index (κ1) is 12.1. The van der Waals surface area contributed by atoms with Crippen LogP contribution in [0, 0.1) is 13.8 Å². The van der Waals surface area contributed by atoms with E-state index in [1.807, 2.05) is 11.7 Å². The maximum atomic E-state index is 6.06. The van der Waals surface area contributed by atoms with Gasteiger partial charge in [0.15, 0.2) is 11.6 Å². The van der Waals surface area contributed by atoms with Gasteiger partial charge in [0.05, 0.1) is 10.6 Å². The Morgan fingerprint density at radius 3 is 2.59 bits per heavy atom. The molecule has 2 aromatic heterocycles. The second kappa shape index (κ2) is 4.49. The largest absolute Gasteiger partial charge is 0.390 e. The molecule has 0 radical (unpaired) electrons. The number of hydrogen-bond donors (Lipinski definition) is 1. The van der Waals surface area contributed by atoms with Gasteiger partial charge in [-0.25, -0.2) is 9.67 Å². The molecule has 0 aliphatic carbocycles. The minimum absolute atomic E-state index is 0.832. The predicted octanol–water partition coefficient (Wildman–Crippen LogP) is 2.70. The van der Waals surface area contributed by atoms with Crippen LogP contribution in [0.25, 0.3) is 11.4 Å². The van der Waals surface area contributed by atoms with Crippen LogP contribution in [-0.4, -0.2) is 14.8 Å². The number of nitrogen functional groups attached to an aromatic ring is 1. The van der Waals surface area contributed by atoms with Crippen LogP contribution < -0.4 is 5.73 Å². The van der Waals surface area contributed by atoms with Gasteiger partial charge in [-0.2, -0.15) is 5.10 Å². The standard InChI is InChI=1S/C12H18N4S/c1-5-6-9-14-12(16(4)15-9)10-7(2)8(3)17-11(10)13/h5-6,13H2,1-4H3. The molecular weight excluding hydrogens is 232 g/mol. The molecule has 0 amide bonds. The van der Waals surface area contributed by atoms with Gasteiger partial charge in [-0.1, -0.05) is 6.92 Å². The molecule has 4 nitrogen and oxygen atoms in total. The number of aryl methyl sites for hydroxylation is 3. The highest BCUT2D eigenvalue weighted by Crippen LogP contribution is 2.36. The van der Waals surface area contributed by atoms with Gasteiger partial charge in [0.1, 0.15) is 0 Å². The third-order valence-electron chi connectivity index (χ3n) is 2.92. The van der Waals surface area contributed by atoms with E-state index in [9.17, 15) is 0 Å². The summed E-state index contributed by atoms with van der Waals surface area (Å²) >= 11 is 1.62. The highest BCUT2D eigenvalue weighted by atomic mass is 32.1. The average Bonchev–Trinajstić information content (AvgIpc) is 2.71. The number of hydrogen-bond acceptors (Lipinski definition) is 4. The number of nitrogens with zero attached hydrogens (tertiary/aromatic N) is 3. The Kier molecular flexibility index (Phi) is 3.19. The van der Waals surface area contributed by atoms with Gasteiger partial charge < -0.3 is 5.73 Å². The SMILES string of the molecule is CCCc1nc(-c2c(N)sc(C)c2C)n(C)n1. The van der Waals surface area contributed by atoms with Crippen molar-refractivity contribution in [3.63, 3.8) is 0 Å². The summed E-state index contributed by atoms with van der Waals surface area (Å²) in [5, 5.41) is 5.25. The molecule has 0 unspecified atom stereocenters. The lowest BCUT2D eigenvalue weighted by molar-refractivity contribution is 0.737. The number of nitrogens with two attached hydrogens (primary N) is 1. The molecule has 2 aromatic rings. The molecule has 0 saturated carbocycles. The van der Waals surface area contributed by atoms with E-state index in [1.54, 1.807) is 11.3 Å². The van der Waals surface area contributed by atoms with Crippen LogP contribution in [0.15, 0.2) is 0 Å². The lowest BCUT2D eigenvalue weighted by Crippen LogP contribution is -1.97. The number of anilines is 1. The monoisotopic (exact) mass is 250 g/mol. The summed E-state index contributed by atoms with van der Waals surface area (Å²) in [6.45, 7) is 6.30. The maximum absolute atomic E-state index is 6.06. The van der Waals surface area contributed by atoms with Crippen molar-refractivity contribution in [1.82, 2.24) is 14.8 Å². The van der Waals surface area contributed by atoms with Gasteiger partial charge in [-0.15, -0.1) is 11.3 Å². The fraction of sp³-hybridized carbons (Fsp3) is 0.500. The summed E-state index contributed by atoms with van der Waals surface area (Å²) in [5.74, 6) is 1.78. The highest BCUT2D eigenvalue weighted by Gasteiger charge is 2.17. The first-order valence-corrected chi connectivity index (χ1v) is 6.62. The fourth-order valence-corrected chi connectivity index (χ4v) is 2.85. The van der Waals surface area contributed by atoms with E-state index in [1.165, 1.54) is 10.4 Å². The van der Waals surface area contributed by atoms with Gasteiger partial charge in [-0.05, 0) is 25.8 Å². The molecule has 2 heterocycles. The zero-order valence-electron chi connectivity index (χ0n) is 10.7. The van der Waals surface area contributed by atoms with Crippen LogP contribution in [0.1, 0.15) is 29.6 Å². The summed E-state index contributed by atoms with van der Waals surface area (Å²) in [6, 6.07) is 0. The van der Waals surface area contributed by atoms with Crippen LogP contribution in [0.3, 0.4) is 0 Å². The van der Waals surface area contributed by atoms with Crippen molar-refractivity contribution in [2.75, 3.05) is 5.73 Å². The van der Waals surface area contributed by atoms with E-state index in [0.717, 1.165) is 35.1 Å². The van der Waals surface area contributed by atoms with Gasteiger partial charge in [0.2, 0.25) is 0 Å². The van der Waals surface area contributed by atoms with Gasteiger partial charge in [-0.3, -0.25) is 0 Å². The first-order chi connectivity index (χ1) is 8.04. The average molecular weight is 250 g/mol. The van der Waals surface area contributed by atoms with Gasteiger partial charge in [0, 0.05) is 18.3 Å². The lowest BCUT2D eigenvalue weighted by Gasteiger charge is -2.00. The first-order valence-electron chi connectivity index (χ1n) is 5.80. The molecule has 17 heavy (non-hydrogen) atoms. The Morgan fingerprint density at radius 2 is 2.06 bits per heavy atom. The minimum atomic E-state index is 0.832. The third-order valence-corrected chi connectivity index (χ3v) is 3.95. The van der Waals surface area contributed by atoms with Crippen molar-refractivity contribution in [2.45, 2.75) is 33.6 Å². The van der Waals surface area contributed by atoms with Crippen molar-refractivity contribution in [2.24, 2.45) is 7.05 Å². The Bertz CT molecular complexity index is 539. The molecule has 5 heteroatoms. The molecule has 0 saturated heterocycles. The highest BCUT2D eigenvalue weighted by molar-refractivity contribution is 7.16. The second-order valence-electron chi connectivity index (χ2n) is 4.25. The molecule has 0 bridgehead atoms.